The fourth-order valence-electron chi connectivity index (χ4n) is 5.31. The van der Waals surface area contributed by atoms with Gasteiger partial charge in [-0.15, -0.1) is 5.06 Å². The van der Waals surface area contributed by atoms with E-state index >= 15 is 0 Å². The van der Waals surface area contributed by atoms with Crippen molar-refractivity contribution < 1.29 is 38.6 Å². The first-order valence-corrected chi connectivity index (χ1v) is 14.9. The summed E-state index contributed by atoms with van der Waals surface area (Å²) in [5.74, 6) is -1.18. The van der Waals surface area contributed by atoms with Gasteiger partial charge in [-0.3, -0.25) is 14.4 Å². The van der Waals surface area contributed by atoms with Gasteiger partial charge in [-0.25, -0.2) is 14.8 Å². The summed E-state index contributed by atoms with van der Waals surface area (Å²) < 4.78 is 10.2. The predicted octanol–water partition coefficient (Wildman–Crippen LogP) is 2.34. The summed E-state index contributed by atoms with van der Waals surface area (Å²) in [6.07, 6.45) is 1.70. The number of carboxylic acid groups (broad SMARTS) is 1. The van der Waals surface area contributed by atoms with Crippen molar-refractivity contribution in [2.24, 2.45) is 0 Å². The molecule has 0 bridgehead atoms. The topological polar surface area (TPSA) is 164 Å². The normalized spacial score (nSPS) is 17.9. The van der Waals surface area contributed by atoms with Crippen LogP contribution in [0.15, 0.2) is 36.4 Å². The third kappa shape index (κ3) is 8.86. The van der Waals surface area contributed by atoms with E-state index in [1.165, 1.54) is 9.96 Å². The summed E-state index contributed by atoms with van der Waals surface area (Å²) in [4.78, 5) is 68.4. The van der Waals surface area contributed by atoms with E-state index in [9.17, 15) is 24.3 Å². The number of anilines is 1. The van der Waals surface area contributed by atoms with Gasteiger partial charge in [-0.05, 0) is 32.6 Å². The van der Waals surface area contributed by atoms with Crippen LogP contribution in [0.5, 0.6) is 0 Å². The first-order chi connectivity index (χ1) is 21.3. The number of aliphatic carboxylic acids is 1. The number of hydroxylamine groups is 2. The molecule has 44 heavy (non-hydrogen) atoms. The van der Waals surface area contributed by atoms with Crippen molar-refractivity contribution in [3.63, 3.8) is 0 Å². The highest BCUT2D eigenvalue weighted by Gasteiger charge is 2.32. The van der Waals surface area contributed by atoms with Crippen LogP contribution in [-0.2, 0) is 23.9 Å². The van der Waals surface area contributed by atoms with Gasteiger partial charge in [-0.2, -0.15) is 0 Å². The minimum Gasteiger partial charge on any atom is -0.481 e. The van der Waals surface area contributed by atoms with Gasteiger partial charge in [0.05, 0.1) is 32.3 Å². The van der Waals surface area contributed by atoms with E-state index in [1.807, 2.05) is 30.3 Å². The Hall–Kier alpha value is -4.30. The zero-order valence-corrected chi connectivity index (χ0v) is 25.1. The van der Waals surface area contributed by atoms with E-state index < -0.39 is 30.0 Å². The SMILES string of the molecule is CCOC(=O)ON1CCN(C(=O)C(CCC(=O)O)NC(=O)c2cc(N3CCCC[C@H]3COC)nc(-c3ccccc3)n2)CC1. The van der Waals surface area contributed by atoms with Gasteiger partial charge in [-0.1, -0.05) is 30.3 Å². The van der Waals surface area contributed by atoms with Crippen molar-refractivity contribution in [3.8, 4) is 11.4 Å². The standard InChI is InChI=1S/C30H40N6O8/c1-3-43-30(41)44-35-17-15-34(16-18-35)29(40)23(12-13-26(37)38)32-28(39)24-19-25(36-14-8-7-11-22(36)20-42-2)33-27(31-24)21-9-5-4-6-10-21/h4-6,9-10,19,22-23H,3,7-8,11-18,20H2,1-2H3,(H,32,39)(H,37,38)/t22-,23?/m0/s1. The molecule has 2 fully saturated rings. The second kappa shape index (κ2) is 16.0. The molecule has 0 aliphatic carbocycles. The van der Waals surface area contributed by atoms with Gasteiger partial charge in [0.25, 0.3) is 5.91 Å². The molecule has 2 saturated heterocycles. The van der Waals surface area contributed by atoms with Crippen molar-refractivity contribution >= 4 is 29.8 Å². The molecular formula is C30H40N6O8. The fourth-order valence-corrected chi connectivity index (χ4v) is 5.31. The summed E-state index contributed by atoms with van der Waals surface area (Å²) >= 11 is 0. The molecule has 3 heterocycles. The van der Waals surface area contributed by atoms with Gasteiger partial charge >= 0.3 is 12.1 Å². The monoisotopic (exact) mass is 612 g/mol. The highest BCUT2D eigenvalue weighted by atomic mass is 16.8. The number of amides is 2. The molecule has 0 radical (unpaired) electrons. The number of benzene rings is 1. The molecule has 2 atom stereocenters. The Kier molecular flexibility index (Phi) is 11.8. The Morgan fingerprint density at radius 2 is 1.80 bits per heavy atom. The quantitative estimate of drug-likeness (QED) is 0.337. The van der Waals surface area contributed by atoms with Crippen LogP contribution in [0.25, 0.3) is 11.4 Å². The van der Waals surface area contributed by atoms with E-state index in [0.29, 0.717) is 18.2 Å². The molecule has 14 nitrogen and oxygen atoms in total. The number of piperidine rings is 1. The lowest BCUT2D eigenvalue weighted by Crippen LogP contribution is -2.55. The average molecular weight is 613 g/mol. The number of methoxy groups -OCH3 is 1. The fraction of sp³-hybridized carbons (Fsp3) is 0.533. The second-order valence-electron chi connectivity index (χ2n) is 10.6. The Bertz CT molecular complexity index is 1290. The van der Waals surface area contributed by atoms with E-state index in [-0.39, 0.29) is 57.4 Å². The van der Waals surface area contributed by atoms with Crippen LogP contribution in [0.1, 0.15) is 49.5 Å². The van der Waals surface area contributed by atoms with Crippen LogP contribution in [0.4, 0.5) is 10.6 Å². The number of hydrogen-bond donors (Lipinski definition) is 2. The predicted molar refractivity (Wildman–Crippen MR) is 159 cm³/mol. The van der Waals surface area contributed by atoms with E-state index in [2.05, 4.69) is 15.2 Å². The molecule has 2 aliphatic rings. The van der Waals surface area contributed by atoms with Crippen LogP contribution in [0, 0.1) is 0 Å². The zero-order valence-electron chi connectivity index (χ0n) is 25.1. The van der Waals surface area contributed by atoms with Crippen LogP contribution >= 0.6 is 0 Å². The van der Waals surface area contributed by atoms with Gasteiger partial charge in [0, 0.05) is 44.8 Å². The number of piperazine rings is 1. The lowest BCUT2D eigenvalue weighted by Gasteiger charge is -2.36. The maximum atomic E-state index is 13.7. The number of nitrogens with zero attached hydrogens (tertiary/aromatic N) is 5. The molecule has 1 aromatic heterocycles. The molecule has 0 spiro atoms. The molecule has 2 aliphatic heterocycles. The zero-order chi connectivity index (χ0) is 31.5. The Morgan fingerprint density at radius 1 is 1.05 bits per heavy atom. The first kappa shape index (κ1) is 32.6. The molecule has 14 heteroatoms. The molecule has 1 aromatic carbocycles. The summed E-state index contributed by atoms with van der Waals surface area (Å²) in [5.41, 5.74) is 0.793. The first-order valence-electron chi connectivity index (χ1n) is 14.9. The molecular weight excluding hydrogens is 572 g/mol. The molecule has 2 amide bonds. The lowest BCUT2D eigenvalue weighted by molar-refractivity contribution is -0.157. The molecule has 238 valence electrons. The van der Waals surface area contributed by atoms with E-state index in [1.54, 1.807) is 20.1 Å². The maximum absolute atomic E-state index is 13.7. The number of nitrogens with one attached hydrogen (secondary N) is 1. The van der Waals surface area contributed by atoms with Crippen LogP contribution in [0.3, 0.4) is 0 Å². The lowest BCUT2D eigenvalue weighted by atomic mass is 10.0. The van der Waals surface area contributed by atoms with Crippen molar-refractivity contribution in [1.29, 1.82) is 0 Å². The summed E-state index contributed by atoms with van der Waals surface area (Å²) in [6.45, 7) is 3.99. The van der Waals surface area contributed by atoms with E-state index in [0.717, 1.165) is 31.4 Å². The minimum absolute atomic E-state index is 0.0661. The smallest absolute Gasteiger partial charge is 0.481 e. The van der Waals surface area contributed by atoms with E-state index in [4.69, 9.17) is 19.3 Å². The minimum atomic E-state index is -1.11. The number of ether oxygens (including phenoxy) is 2. The van der Waals surface area contributed by atoms with Gasteiger partial charge in [0.2, 0.25) is 5.91 Å². The van der Waals surface area contributed by atoms with Crippen molar-refractivity contribution in [2.45, 2.75) is 51.1 Å². The molecule has 0 saturated carbocycles. The van der Waals surface area contributed by atoms with Crippen LogP contribution in [0.2, 0.25) is 0 Å². The number of carbonyl (C=O) groups is 4. The van der Waals surface area contributed by atoms with Gasteiger partial charge in [0.15, 0.2) is 5.82 Å². The summed E-state index contributed by atoms with van der Waals surface area (Å²) in [7, 11) is 1.66. The van der Waals surface area contributed by atoms with Gasteiger partial charge in [0.1, 0.15) is 17.6 Å². The maximum Gasteiger partial charge on any atom is 0.527 e. The molecule has 2 N–H and O–H groups in total. The largest absolute Gasteiger partial charge is 0.527 e. The number of aromatic nitrogens is 2. The number of carboxylic acids is 1. The van der Waals surface area contributed by atoms with Crippen molar-refractivity contribution in [3.05, 3.63) is 42.1 Å². The molecule has 1 unspecified atom stereocenters. The number of rotatable bonds is 12. The highest BCUT2D eigenvalue weighted by Crippen LogP contribution is 2.27. The average Bonchev–Trinajstić information content (AvgIpc) is 3.03. The van der Waals surface area contributed by atoms with Gasteiger partial charge < -0.3 is 34.5 Å². The molecule has 2 aromatic rings. The highest BCUT2D eigenvalue weighted by molar-refractivity contribution is 5.97. The third-order valence-corrected chi connectivity index (χ3v) is 7.52. The van der Waals surface area contributed by atoms with Crippen LogP contribution < -0.4 is 10.2 Å². The van der Waals surface area contributed by atoms with Crippen LogP contribution in [-0.4, -0.2) is 114 Å². The third-order valence-electron chi connectivity index (χ3n) is 7.52. The Morgan fingerprint density at radius 3 is 2.48 bits per heavy atom. The Balaban J connectivity index is 1.55. The summed E-state index contributed by atoms with van der Waals surface area (Å²) in [6, 6.07) is 9.89. The second-order valence-corrected chi connectivity index (χ2v) is 10.6. The number of carbonyl (C=O) groups excluding carboxylic acids is 3. The van der Waals surface area contributed by atoms with Crippen molar-refractivity contribution in [1.82, 2.24) is 25.2 Å². The van der Waals surface area contributed by atoms with Crippen molar-refractivity contribution in [2.75, 3.05) is 57.9 Å². The Labute approximate surface area is 256 Å². The summed E-state index contributed by atoms with van der Waals surface area (Å²) in [5, 5.41) is 13.5. The molecule has 4 rings (SSSR count). The number of hydrogen-bond acceptors (Lipinski definition) is 11.